The molecule has 25 heavy (non-hydrogen) atoms. The molecule has 1 aromatic carbocycles. The molecule has 0 spiro atoms. The van der Waals surface area contributed by atoms with Crippen LogP contribution in [0.15, 0.2) is 24.3 Å². The zero-order valence-electron chi connectivity index (χ0n) is 16.1. The average molecular weight is 407 g/mol. The normalized spacial score (nSPS) is 13.8. The molecule has 4 nitrogen and oxygen atoms in total. The molecule has 0 fully saturated rings. The summed E-state index contributed by atoms with van der Waals surface area (Å²) in [4.78, 5) is 0. The highest BCUT2D eigenvalue weighted by molar-refractivity contribution is 7.54. The van der Waals surface area contributed by atoms with Gasteiger partial charge >= 0.3 is 7.60 Å². The van der Waals surface area contributed by atoms with Gasteiger partial charge in [0.15, 0.2) is 14.2 Å². The van der Waals surface area contributed by atoms with E-state index in [1.165, 1.54) is 0 Å². The van der Waals surface area contributed by atoms with Gasteiger partial charge in [0.25, 0.3) is 0 Å². The van der Waals surface area contributed by atoms with Gasteiger partial charge in [-0.3, -0.25) is 4.57 Å². The second-order valence-electron chi connectivity index (χ2n) is 7.05. The predicted molar refractivity (Wildman–Crippen MR) is 108 cm³/mol. The Kier molecular flexibility index (Phi) is 9.94. The lowest BCUT2D eigenvalue weighted by atomic mass is 10.2. The third-order valence-corrected chi connectivity index (χ3v) is 6.90. The molecule has 0 amide bonds. The molecular weight excluding hydrogens is 375 g/mol. The van der Waals surface area contributed by atoms with Gasteiger partial charge in [-0.1, -0.05) is 50.4 Å². The zero-order valence-corrected chi connectivity index (χ0v) is 18.7. The largest absolute Gasteiger partial charge is 0.400 e. The van der Waals surface area contributed by atoms with Crippen molar-refractivity contribution >= 4 is 27.5 Å². The van der Waals surface area contributed by atoms with Gasteiger partial charge in [-0.05, 0) is 50.2 Å². The summed E-state index contributed by atoms with van der Waals surface area (Å²) in [5.74, 6) is -0.717. The number of unbranched alkanes of at least 4 members (excludes halogenated alkanes) is 2. The number of hydrogen-bond donors (Lipinski definition) is 0. The lowest BCUT2D eigenvalue weighted by molar-refractivity contribution is 0.147. The molecule has 0 saturated carbocycles. The van der Waals surface area contributed by atoms with E-state index in [0.29, 0.717) is 18.2 Å². The molecule has 0 aliphatic heterocycles. The first-order valence-electron chi connectivity index (χ1n) is 9.04. The zero-order chi connectivity index (χ0) is 18.9. The molecule has 0 bridgehead atoms. The fourth-order valence-corrected chi connectivity index (χ4v) is 6.17. The highest BCUT2D eigenvalue weighted by Crippen LogP contribution is 2.62. The van der Waals surface area contributed by atoms with Gasteiger partial charge in [0.2, 0.25) is 0 Å². The molecule has 0 aromatic heterocycles. The van der Waals surface area contributed by atoms with Crippen molar-refractivity contribution in [2.24, 2.45) is 0 Å². The Bertz CT molecular complexity index is 531. The molecule has 0 aliphatic rings. The van der Waals surface area contributed by atoms with Gasteiger partial charge in [-0.15, -0.1) is 0 Å². The summed E-state index contributed by atoms with van der Waals surface area (Å²) < 4.78 is 31.5. The number of halogens is 1. The molecule has 1 rings (SSSR count). The van der Waals surface area contributed by atoms with Crippen LogP contribution in [0.5, 0.6) is 0 Å². The molecule has 0 radical (unpaired) electrons. The van der Waals surface area contributed by atoms with E-state index in [0.717, 1.165) is 31.2 Å². The molecular formula is C18H32ClO4PSi. The van der Waals surface area contributed by atoms with Crippen molar-refractivity contribution in [1.29, 1.82) is 0 Å². The molecule has 1 unspecified atom stereocenters. The van der Waals surface area contributed by atoms with Crippen molar-refractivity contribution in [3.63, 3.8) is 0 Å². The topological polar surface area (TPSA) is 44.8 Å². The van der Waals surface area contributed by atoms with Crippen molar-refractivity contribution in [3.05, 3.63) is 34.9 Å². The first-order chi connectivity index (χ1) is 11.7. The predicted octanol–water partition coefficient (Wildman–Crippen LogP) is 7.02. The summed E-state index contributed by atoms with van der Waals surface area (Å²) in [6, 6.07) is 7.23. The summed E-state index contributed by atoms with van der Waals surface area (Å²) in [5, 5.41) is 0.629. The van der Waals surface area contributed by atoms with E-state index in [-0.39, 0.29) is 0 Å². The van der Waals surface area contributed by atoms with Crippen LogP contribution in [0.2, 0.25) is 24.7 Å². The molecule has 1 aromatic rings. The Morgan fingerprint density at radius 1 is 1.00 bits per heavy atom. The van der Waals surface area contributed by atoms with Gasteiger partial charge in [0, 0.05) is 5.02 Å². The van der Waals surface area contributed by atoms with Crippen LogP contribution in [0.3, 0.4) is 0 Å². The van der Waals surface area contributed by atoms with E-state index in [2.05, 4.69) is 33.5 Å². The maximum atomic E-state index is 13.6. The van der Waals surface area contributed by atoms with Crippen LogP contribution < -0.4 is 0 Å². The first-order valence-corrected chi connectivity index (χ1v) is 14.4. The van der Waals surface area contributed by atoms with Crippen molar-refractivity contribution in [2.45, 2.75) is 65.0 Å². The Morgan fingerprint density at radius 2 is 1.48 bits per heavy atom. The standard InChI is InChI=1S/C18H32ClO4PSi/c1-6-8-14-21-24(20,22-15-9-7-2)18(23-25(3,4)5)16-10-12-17(19)13-11-16/h10-13,18H,6-9,14-15H2,1-5H3. The van der Waals surface area contributed by atoms with Crippen LogP contribution in [0.25, 0.3) is 0 Å². The minimum absolute atomic E-state index is 0.402. The number of rotatable bonds is 12. The Labute approximate surface area is 158 Å². The van der Waals surface area contributed by atoms with Crippen LogP contribution in [-0.2, 0) is 18.0 Å². The minimum Gasteiger partial charge on any atom is -0.400 e. The van der Waals surface area contributed by atoms with Gasteiger partial charge in [-0.25, -0.2) is 0 Å². The van der Waals surface area contributed by atoms with Crippen molar-refractivity contribution < 1.29 is 18.0 Å². The molecule has 0 aliphatic carbocycles. The second kappa shape index (κ2) is 10.9. The SMILES string of the molecule is CCCCOP(=O)(OCCCC)C(O[Si](C)(C)C)c1ccc(Cl)cc1. The molecule has 7 heteroatoms. The van der Waals surface area contributed by atoms with Crippen molar-refractivity contribution in [3.8, 4) is 0 Å². The summed E-state index contributed by atoms with van der Waals surface area (Å²) in [7, 11) is -5.44. The average Bonchev–Trinajstić information content (AvgIpc) is 2.53. The number of benzene rings is 1. The maximum Gasteiger partial charge on any atom is 0.362 e. The number of hydrogen-bond acceptors (Lipinski definition) is 4. The molecule has 0 heterocycles. The smallest absolute Gasteiger partial charge is 0.362 e. The van der Waals surface area contributed by atoms with Crippen LogP contribution in [0, 0.1) is 0 Å². The fourth-order valence-electron chi connectivity index (χ4n) is 2.12. The monoisotopic (exact) mass is 406 g/mol. The van der Waals surface area contributed by atoms with Gasteiger partial charge in [0.05, 0.1) is 13.2 Å². The molecule has 1 atom stereocenters. The molecule has 0 N–H and O–H groups in total. The Balaban J connectivity index is 3.15. The van der Waals surface area contributed by atoms with Crippen LogP contribution in [0.1, 0.15) is 50.9 Å². The van der Waals surface area contributed by atoms with Gasteiger partial charge in [-0.2, -0.15) is 0 Å². The molecule has 144 valence electrons. The van der Waals surface area contributed by atoms with Gasteiger partial charge < -0.3 is 13.5 Å². The van der Waals surface area contributed by atoms with E-state index < -0.39 is 21.8 Å². The third-order valence-electron chi connectivity index (χ3n) is 3.45. The summed E-state index contributed by atoms with van der Waals surface area (Å²) in [6.45, 7) is 11.1. The summed E-state index contributed by atoms with van der Waals surface area (Å²) in [5.41, 5.74) is 0.781. The van der Waals surface area contributed by atoms with Crippen LogP contribution in [0.4, 0.5) is 0 Å². The highest BCUT2D eigenvalue weighted by atomic mass is 35.5. The third kappa shape index (κ3) is 8.38. The first kappa shape index (κ1) is 22.9. The summed E-state index contributed by atoms with van der Waals surface area (Å²) >= 11 is 6.00. The van der Waals surface area contributed by atoms with Crippen LogP contribution >= 0.6 is 19.2 Å². The Hall–Kier alpha value is -0.163. The lowest BCUT2D eigenvalue weighted by Crippen LogP contribution is -2.29. The highest BCUT2D eigenvalue weighted by Gasteiger charge is 2.41. The van der Waals surface area contributed by atoms with E-state index >= 15 is 0 Å². The van der Waals surface area contributed by atoms with Crippen LogP contribution in [-0.4, -0.2) is 21.5 Å². The lowest BCUT2D eigenvalue weighted by Gasteiger charge is -2.32. The summed E-state index contributed by atoms with van der Waals surface area (Å²) in [6.07, 6.45) is 3.60. The van der Waals surface area contributed by atoms with E-state index in [1.807, 2.05) is 12.1 Å². The fraction of sp³-hybridized carbons (Fsp3) is 0.667. The molecule has 0 saturated heterocycles. The quantitative estimate of drug-likeness (QED) is 0.212. The van der Waals surface area contributed by atoms with E-state index in [1.54, 1.807) is 12.1 Å². The maximum absolute atomic E-state index is 13.6. The van der Waals surface area contributed by atoms with E-state index in [4.69, 9.17) is 25.1 Å². The Morgan fingerprint density at radius 3 is 1.88 bits per heavy atom. The minimum atomic E-state index is -3.45. The van der Waals surface area contributed by atoms with Crippen molar-refractivity contribution in [2.75, 3.05) is 13.2 Å². The van der Waals surface area contributed by atoms with E-state index in [9.17, 15) is 4.57 Å². The van der Waals surface area contributed by atoms with Gasteiger partial charge in [0.1, 0.15) is 0 Å². The van der Waals surface area contributed by atoms with Crippen molar-refractivity contribution in [1.82, 2.24) is 0 Å². The second-order valence-corrected chi connectivity index (χ2v) is 14.0.